The van der Waals surface area contributed by atoms with Crippen LogP contribution < -0.4 is 5.32 Å². The Labute approximate surface area is 110 Å². The van der Waals surface area contributed by atoms with E-state index in [1.165, 1.54) is 19.3 Å². The van der Waals surface area contributed by atoms with Gasteiger partial charge >= 0.3 is 6.09 Å². The highest BCUT2D eigenvalue weighted by molar-refractivity contribution is 5.68. The molecule has 0 aromatic heterocycles. The molecule has 0 radical (unpaired) electrons. The van der Waals surface area contributed by atoms with Crippen LogP contribution in [0.3, 0.4) is 0 Å². The number of nitrogens with zero attached hydrogens (tertiary/aromatic N) is 1. The first kappa shape index (κ1) is 14.8. The van der Waals surface area contributed by atoms with Gasteiger partial charge in [-0.15, -0.1) is 0 Å². The Balaban J connectivity index is 2.51. The van der Waals surface area contributed by atoms with E-state index >= 15 is 0 Å². The summed E-state index contributed by atoms with van der Waals surface area (Å²) in [5, 5.41) is 11.7. The van der Waals surface area contributed by atoms with Gasteiger partial charge in [0, 0.05) is 6.04 Å². The van der Waals surface area contributed by atoms with Gasteiger partial charge in [-0.3, -0.25) is 0 Å². The van der Waals surface area contributed by atoms with Crippen LogP contribution in [-0.4, -0.2) is 17.7 Å². The molecule has 18 heavy (non-hydrogen) atoms. The van der Waals surface area contributed by atoms with Gasteiger partial charge in [0.1, 0.15) is 5.60 Å². The first-order chi connectivity index (χ1) is 8.42. The van der Waals surface area contributed by atoms with Gasteiger partial charge in [-0.2, -0.15) is 5.26 Å². The van der Waals surface area contributed by atoms with Crippen molar-refractivity contribution < 1.29 is 9.53 Å². The van der Waals surface area contributed by atoms with E-state index in [0.717, 1.165) is 12.8 Å². The fraction of sp³-hybridized carbons (Fsp3) is 0.857. The van der Waals surface area contributed by atoms with Crippen molar-refractivity contribution in [2.75, 3.05) is 0 Å². The molecule has 1 rings (SSSR count). The van der Waals surface area contributed by atoms with E-state index in [0.29, 0.717) is 12.3 Å². The summed E-state index contributed by atoms with van der Waals surface area (Å²) in [5.74, 6) is 0.422. The van der Waals surface area contributed by atoms with Crippen molar-refractivity contribution in [2.45, 2.75) is 70.9 Å². The second-order valence-electron chi connectivity index (χ2n) is 6.01. The lowest BCUT2D eigenvalue weighted by atomic mass is 9.83. The Morgan fingerprint density at radius 2 is 2.00 bits per heavy atom. The molecule has 0 aromatic carbocycles. The van der Waals surface area contributed by atoms with Crippen LogP contribution in [0.2, 0.25) is 0 Å². The quantitative estimate of drug-likeness (QED) is 0.837. The molecule has 1 unspecified atom stereocenters. The van der Waals surface area contributed by atoms with Crippen LogP contribution >= 0.6 is 0 Å². The van der Waals surface area contributed by atoms with Gasteiger partial charge in [0.2, 0.25) is 0 Å². The van der Waals surface area contributed by atoms with Gasteiger partial charge in [0.15, 0.2) is 0 Å². The molecular formula is C14H24N2O2. The first-order valence-corrected chi connectivity index (χ1v) is 6.79. The topological polar surface area (TPSA) is 62.1 Å². The zero-order valence-corrected chi connectivity index (χ0v) is 11.7. The molecule has 1 fully saturated rings. The van der Waals surface area contributed by atoms with E-state index in [-0.39, 0.29) is 6.04 Å². The fourth-order valence-electron chi connectivity index (χ4n) is 2.43. The van der Waals surface area contributed by atoms with Crippen molar-refractivity contribution in [2.24, 2.45) is 5.92 Å². The third-order valence-corrected chi connectivity index (χ3v) is 3.23. The lowest BCUT2D eigenvalue weighted by Gasteiger charge is -2.30. The molecule has 1 atom stereocenters. The van der Waals surface area contributed by atoms with Crippen LogP contribution in [0.4, 0.5) is 4.79 Å². The number of amides is 1. The van der Waals surface area contributed by atoms with Gasteiger partial charge in [0.25, 0.3) is 0 Å². The molecular weight excluding hydrogens is 228 g/mol. The van der Waals surface area contributed by atoms with Crippen molar-refractivity contribution in [3.8, 4) is 6.07 Å². The molecule has 0 spiro atoms. The zero-order chi connectivity index (χ0) is 13.6. The summed E-state index contributed by atoms with van der Waals surface area (Å²) in [4.78, 5) is 11.7. The maximum absolute atomic E-state index is 11.7. The summed E-state index contributed by atoms with van der Waals surface area (Å²) < 4.78 is 5.25. The van der Waals surface area contributed by atoms with Crippen molar-refractivity contribution in [1.29, 1.82) is 5.26 Å². The minimum absolute atomic E-state index is 0.0647. The minimum Gasteiger partial charge on any atom is -0.444 e. The maximum Gasteiger partial charge on any atom is 0.407 e. The number of hydrogen-bond acceptors (Lipinski definition) is 3. The molecule has 1 N–H and O–H groups in total. The van der Waals surface area contributed by atoms with Gasteiger partial charge in [-0.25, -0.2) is 4.79 Å². The monoisotopic (exact) mass is 252 g/mol. The molecule has 0 bridgehead atoms. The van der Waals surface area contributed by atoms with Gasteiger partial charge in [-0.1, -0.05) is 19.3 Å². The summed E-state index contributed by atoms with van der Waals surface area (Å²) in [5.41, 5.74) is -0.492. The highest BCUT2D eigenvalue weighted by Crippen LogP contribution is 2.27. The molecule has 1 amide bonds. The molecule has 1 aliphatic carbocycles. The lowest BCUT2D eigenvalue weighted by Crippen LogP contribution is -2.43. The van der Waals surface area contributed by atoms with Gasteiger partial charge in [0.05, 0.1) is 12.5 Å². The van der Waals surface area contributed by atoms with E-state index in [4.69, 9.17) is 10.00 Å². The van der Waals surface area contributed by atoms with Crippen LogP contribution in [0.1, 0.15) is 59.3 Å². The number of carbonyl (C=O) groups is 1. The van der Waals surface area contributed by atoms with Gasteiger partial charge in [-0.05, 0) is 39.5 Å². The summed E-state index contributed by atoms with van der Waals surface area (Å²) in [6, 6.07) is 2.10. The molecule has 4 heteroatoms. The van der Waals surface area contributed by atoms with E-state index in [1.54, 1.807) is 0 Å². The Kier molecular flexibility index (Phi) is 5.46. The highest BCUT2D eigenvalue weighted by Gasteiger charge is 2.26. The maximum atomic E-state index is 11.7. The predicted molar refractivity (Wildman–Crippen MR) is 70.0 cm³/mol. The summed E-state index contributed by atoms with van der Waals surface area (Å²) in [7, 11) is 0. The Morgan fingerprint density at radius 3 is 2.50 bits per heavy atom. The molecule has 1 aliphatic rings. The number of nitrogens with one attached hydrogen (secondary N) is 1. The average molecular weight is 252 g/mol. The second-order valence-corrected chi connectivity index (χ2v) is 6.01. The number of nitriles is 1. The molecule has 4 nitrogen and oxygen atoms in total. The predicted octanol–water partition coefficient (Wildman–Crippen LogP) is 3.37. The summed E-state index contributed by atoms with van der Waals surface area (Å²) in [6.45, 7) is 5.52. The third kappa shape index (κ3) is 5.39. The summed E-state index contributed by atoms with van der Waals surface area (Å²) in [6.07, 6.45) is 5.81. The number of alkyl carbamates (subject to hydrolysis) is 1. The smallest absolute Gasteiger partial charge is 0.407 e. The zero-order valence-electron chi connectivity index (χ0n) is 11.7. The van der Waals surface area contributed by atoms with Crippen LogP contribution in [0.15, 0.2) is 0 Å². The average Bonchev–Trinajstić information content (AvgIpc) is 2.27. The van der Waals surface area contributed by atoms with Crippen LogP contribution in [0.5, 0.6) is 0 Å². The number of carbonyl (C=O) groups excluding carboxylic acids is 1. The van der Waals surface area contributed by atoms with Crippen molar-refractivity contribution >= 4 is 6.09 Å². The SMILES string of the molecule is CC(C)(C)OC(=O)NC(CC#N)C1CCCCC1. The number of hydrogen-bond donors (Lipinski definition) is 1. The minimum atomic E-state index is -0.492. The number of rotatable bonds is 3. The normalized spacial score (nSPS) is 18.8. The number of ether oxygens (including phenoxy) is 1. The second kappa shape index (κ2) is 6.63. The Bertz CT molecular complexity index is 309. The third-order valence-electron chi connectivity index (χ3n) is 3.23. The van der Waals surface area contributed by atoms with Crippen LogP contribution in [0.25, 0.3) is 0 Å². The van der Waals surface area contributed by atoms with E-state index in [1.807, 2.05) is 20.8 Å². The molecule has 0 saturated heterocycles. The van der Waals surface area contributed by atoms with E-state index in [2.05, 4.69) is 11.4 Å². The van der Waals surface area contributed by atoms with E-state index < -0.39 is 11.7 Å². The molecule has 0 aromatic rings. The lowest BCUT2D eigenvalue weighted by molar-refractivity contribution is 0.0479. The fourth-order valence-corrected chi connectivity index (χ4v) is 2.43. The van der Waals surface area contributed by atoms with Crippen molar-refractivity contribution in [3.63, 3.8) is 0 Å². The Morgan fingerprint density at radius 1 is 1.39 bits per heavy atom. The van der Waals surface area contributed by atoms with Gasteiger partial charge < -0.3 is 10.1 Å². The highest BCUT2D eigenvalue weighted by atomic mass is 16.6. The van der Waals surface area contributed by atoms with Crippen molar-refractivity contribution in [3.05, 3.63) is 0 Å². The molecule has 102 valence electrons. The molecule has 0 aliphatic heterocycles. The largest absolute Gasteiger partial charge is 0.444 e. The van der Waals surface area contributed by atoms with Crippen LogP contribution in [0, 0.1) is 17.2 Å². The van der Waals surface area contributed by atoms with E-state index in [9.17, 15) is 4.79 Å². The molecule has 1 saturated carbocycles. The molecule has 0 heterocycles. The first-order valence-electron chi connectivity index (χ1n) is 6.79. The van der Waals surface area contributed by atoms with Crippen molar-refractivity contribution in [1.82, 2.24) is 5.32 Å². The standard InChI is InChI=1S/C14H24N2O2/c1-14(2,3)18-13(17)16-12(9-10-15)11-7-5-4-6-8-11/h11-12H,4-9H2,1-3H3,(H,16,17). The summed E-state index contributed by atoms with van der Waals surface area (Å²) >= 11 is 0. The Hall–Kier alpha value is -1.24. The van der Waals surface area contributed by atoms with Crippen LogP contribution in [-0.2, 0) is 4.74 Å².